The quantitative estimate of drug-likeness (QED) is 0.424. The highest BCUT2D eigenvalue weighted by Crippen LogP contribution is 2.52. The number of hydrogen-bond acceptors (Lipinski definition) is 3. The van der Waals surface area contributed by atoms with Crippen molar-refractivity contribution in [3.05, 3.63) is 0 Å². The molecule has 0 aromatic carbocycles. The van der Waals surface area contributed by atoms with Gasteiger partial charge in [-0.25, -0.2) is 0 Å². The topological polar surface area (TPSA) is 60.7 Å². The van der Waals surface area contributed by atoms with E-state index < -0.39 is 0 Å². The van der Waals surface area contributed by atoms with Crippen LogP contribution in [0, 0.1) is 10.8 Å². The third-order valence-electron chi connectivity index (χ3n) is 5.52. The van der Waals surface area contributed by atoms with Crippen molar-refractivity contribution in [2.45, 2.75) is 97.0 Å². The van der Waals surface area contributed by atoms with Gasteiger partial charge in [-0.3, -0.25) is 0 Å². The van der Waals surface area contributed by atoms with Gasteiger partial charge in [-0.05, 0) is 62.2 Å². The SMILES string of the molecule is CC(C)(CCO)CCCCC(O)CCCCC1(CCO)CC1. The standard InChI is InChI=1S/C19H38O3/c1-18(2,13-15-20)9-5-3-7-17(22)8-4-6-10-19(11-12-19)14-16-21/h17,20-22H,3-16H2,1-2H3. The summed E-state index contributed by atoms with van der Waals surface area (Å²) in [6.45, 7) is 5.02. The number of unbranched alkanes of at least 4 members (excludes halogenated alkanes) is 2. The molecule has 1 rings (SSSR count). The average molecular weight is 315 g/mol. The summed E-state index contributed by atoms with van der Waals surface area (Å²) in [6.07, 6.45) is 13.0. The highest BCUT2D eigenvalue weighted by Gasteiger charge is 2.40. The number of aliphatic hydroxyl groups is 3. The summed E-state index contributed by atoms with van der Waals surface area (Å²) in [5, 5.41) is 28.1. The van der Waals surface area contributed by atoms with E-state index in [9.17, 15) is 5.11 Å². The maximum Gasteiger partial charge on any atom is 0.0540 e. The Morgan fingerprint density at radius 3 is 2.05 bits per heavy atom. The summed E-state index contributed by atoms with van der Waals surface area (Å²) in [5.74, 6) is 0. The van der Waals surface area contributed by atoms with Crippen LogP contribution in [0.25, 0.3) is 0 Å². The molecule has 0 saturated heterocycles. The van der Waals surface area contributed by atoms with E-state index in [2.05, 4.69) is 13.8 Å². The van der Waals surface area contributed by atoms with Gasteiger partial charge in [0.15, 0.2) is 0 Å². The van der Waals surface area contributed by atoms with Crippen LogP contribution in [0.1, 0.15) is 90.9 Å². The lowest BCUT2D eigenvalue weighted by Gasteiger charge is -2.23. The minimum Gasteiger partial charge on any atom is -0.396 e. The molecule has 0 aromatic heterocycles. The zero-order valence-electron chi connectivity index (χ0n) is 14.8. The number of aliphatic hydroxyl groups excluding tert-OH is 3. The summed E-state index contributed by atoms with van der Waals surface area (Å²) in [6, 6.07) is 0. The van der Waals surface area contributed by atoms with E-state index in [-0.39, 0.29) is 18.1 Å². The van der Waals surface area contributed by atoms with Crippen molar-refractivity contribution in [2.24, 2.45) is 10.8 Å². The minimum atomic E-state index is -0.144. The Kier molecular flexibility index (Phi) is 8.96. The van der Waals surface area contributed by atoms with E-state index in [0.29, 0.717) is 12.0 Å². The Bertz CT molecular complexity index is 268. The normalized spacial score (nSPS) is 18.4. The Hall–Kier alpha value is -0.120. The van der Waals surface area contributed by atoms with E-state index in [4.69, 9.17) is 10.2 Å². The fourth-order valence-corrected chi connectivity index (χ4v) is 3.47. The van der Waals surface area contributed by atoms with E-state index >= 15 is 0 Å². The summed E-state index contributed by atoms with van der Waals surface area (Å²) in [4.78, 5) is 0. The number of rotatable bonds is 14. The van der Waals surface area contributed by atoms with E-state index in [0.717, 1.165) is 51.4 Å². The van der Waals surface area contributed by atoms with Crippen LogP contribution in [0.4, 0.5) is 0 Å². The lowest BCUT2D eigenvalue weighted by atomic mass is 9.84. The highest BCUT2D eigenvalue weighted by atomic mass is 16.3. The van der Waals surface area contributed by atoms with Crippen molar-refractivity contribution >= 4 is 0 Å². The van der Waals surface area contributed by atoms with Gasteiger partial charge in [-0.2, -0.15) is 0 Å². The average Bonchev–Trinajstić information content (AvgIpc) is 3.20. The molecular weight excluding hydrogens is 276 g/mol. The van der Waals surface area contributed by atoms with Crippen LogP contribution in [0.5, 0.6) is 0 Å². The van der Waals surface area contributed by atoms with E-state index in [1.807, 2.05) is 0 Å². The van der Waals surface area contributed by atoms with E-state index in [1.165, 1.54) is 25.7 Å². The van der Waals surface area contributed by atoms with Gasteiger partial charge in [0.05, 0.1) is 6.10 Å². The highest BCUT2D eigenvalue weighted by molar-refractivity contribution is 4.92. The fraction of sp³-hybridized carbons (Fsp3) is 1.00. The van der Waals surface area contributed by atoms with Crippen molar-refractivity contribution < 1.29 is 15.3 Å². The second-order valence-corrected chi connectivity index (χ2v) is 8.26. The Morgan fingerprint density at radius 2 is 1.50 bits per heavy atom. The molecule has 132 valence electrons. The molecular formula is C19H38O3. The molecule has 1 fully saturated rings. The zero-order chi connectivity index (χ0) is 16.5. The van der Waals surface area contributed by atoms with Crippen LogP contribution < -0.4 is 0 Å². The fourth-order valence-electron chi connectivity index (χ4n) is 3.47. The van der Waals surface area contributed by atoms with Gasteiger partial charge in [0, 0.05) is 13.2 Å². The van der Waals surface area contributed by atoms with Crippen LogP contribution in [-0.4, -0.2) is 34.6 Å². The second kappa shape index (κ2) is 9.89. The zero-order valence-corrected chi connectivity index (χ0v) is 14.8. The first-order valence-electron chi connectivity index (χ1n) is 9.33. The third-order valence-corrected chi connectivity index (χ3v) is 5.52. The van der Waals surface area contributed by atoms with Gasteiger partial charge in [0.2, 0.25) is 0 Å². The predicted octanol–water partition coefficient (Wildman–Crippen LogP) is 4.04. The molecule has 0 bridgehead atoms. The Labute approximate surface area is 137 Å². The minimum absolute atomic E-state index is 0.144. The Balaban J connectivity index is 1.96. The first-order valence-corrected chi connectivity index (χ1v) is 9.33. The molecule has 0 heterocycles. The molecule has 0 radical (unpaired) electrons. The Morgan fingerprint density at radius 1 is 0.864 bits per heavy atom. The van der Waals surface area contributed by atoms with Crippen molar-refractivity contribution in [1.29, 1.82) is 0 Å². The van der Waals surface area contributed by atoms with Crippen molar-refractivity contribution in [1.82, 2.24) is 0 Å². The molecule has 3 heteroatoms. The maximum atomic E-state index is 10.1. The van der Waals surface area contributed by atoms with Gasteiger partial charge in [0.1, 0.15) is 0 Å². The first-order chi connectivity index (χ1) is 10.4. The molecule has 1 aliphatic rings. The molecule has 0 spiro atoms. The monoisotopic (exact) mass is 314 g/mol. The van der Waals surface area contributed by atoms with Gasteiger partial charge < -0.3 is 15.3 Å². The van der Waals surface area contributed by atoms with Gasteiger partial charge >= 0.3 is 0 Å². The molecule has 1 atom stereocenters. The second-order valence-electron chi connectivity index (χ2n) is 8.26. The molecule has 0 amide bonds. The summed E-state index contributed by atoms with van der Waals surface area (Å²) in [7, 11) is 0. The van der Waals surface area contributed by atoms with Gasteiger partial charge in [0.25, 0.3) is 0 Å². The molecule has 3 N–H and O–H groups in total. The van der Waals surface area contributed by atoms with Crippen LogP contribution in [-0.2, 0) is 0 Å². The van der Waals surface area contributed by atoms with Gasteiger partial charge in [-0.15, -0.1) is 0 Å². The van der Waals surface area contributed by atoms with E-state index in [1.54, 1.807) is 0 Å². The largest absolute Gasteiger partial charge is 0.396 e. The van der Waals surface area contributed by atoms with Crippen molar-refractivity contribution in [3.8, 4) is 0 Å². The van der Waals surface area contributed by atoms with Crippen molar-refractivity contribution in [2.75, 3.05) is 13.2 Å². The third kappa shape index (κ3) is 8.50. The maximum absolute atomic E-state index is 10.1. The van der Waals surface area contributed by atoms with Crippen LogP contribution >= 0.6 is 0 Å². The lowest BCUT2D eigenvalue weighted by Crippen LogP contribution is -2.14. The molecule has 3 nitrogen and oxygen atoms in total. The summed E-state index contributed by atoms with van der Waals surface area (Å²) in [5.41, 5.74) is 0.697. The van der Waals surface area contributed by atoms with Crippen LogP contribution in [0.3, 0.4) is 0 Å². The molecule has 0 aromatic rings. The van der Waals surface area contributed by atoms with Crippen LogP contribution in [0.15, 0.2) is 0 Å². The summed E-state index contributed by atoms with van der Waals surface area (Å²) >= 11 is 0. The first kappa shape index (κ1) is 19.9. The molecule has 1 aliphatic carbocycles. The van der Waals surface area contributed by atoms with Crippen LogP contribution in [0.2, 0.25) is 0 Å². The van der Waals surface area contributed by atoms with Crippen molar-refractivity contribution in [3.63, 3.8) is 0 Å². The predicted molar refractivity (Wildman–Crippen MR) is 91.8 cm³/mol. The molecule has 0 aliphatic heterocycles. The molecule has 22 heavy (non-hydrogen) atoms. The lowest BCUT2D eigenvalue weighted by molar-refractivity contribution is 0.141. The van der Waals surface area contributed by atoms with Gasteiger partial charge in [-0.1, -0.05) is 39.5 Å². The number of hydrogen-bond donors (Lipinski definition) is 3. The summed E-state index contributed by atoms with van der Waals surface area (Å²) < 4.78 is 0. The molecule has 1 unspecified atom stereocenters. The smallest absolute Gasteiger partial charge is 0.0540 e. The molecule has 1 saturated carbocycles.